The Hall–Kier alpha value is -3.26. The second kappa shape index (κ2) is 12.5. The fraction of sp³-hybridized carbons (Fsp3) is 0.379. The van der Waals surface area contributed by atoms with Crippen molar-refractivity contribution in [3.05, 3.63) is 59.0 Å². The topological polar surface area (TPSA) is 126 Å². The first kappa shape index (κ1) is 27.8. The maximum absolute atomic E-state index is 12.6. The number of nitriles is 1. The molecule has 0 aliphatic carbocycles. The third kappa shape index (κ3) is 6.07. The van der Waals surface area contributed by atoms with E-state index >= 15 is 0 Å². The van der Waals surface area contributed by atoms with E-state index in [4.69, 9.17) is 4.74 Å². The zero-order valence-corrected chi connectivity index (χ0v) is 22.3. The highest BCUT2D eigenvalue weighted by Gasteiger charge is 2.38. The van der Waals surface area contributed by atoms with E-state index in [0.717, 1.165) is 33.8 Å². The SMILES string of the molecule is CCN(CC)c1ccc2cc(-c3ccc(/C=C(\C#N)C(=O)NCC4CO[C@H](CO)[C@@H](O)[C@@H]4O)s3)ccc2c1. The third-order valence-electron chi connectivity index (χ3n) is 6.96. The molecule has 1 fully saturated rings. The summed E-state index contributed by atoms with van der Waals surface area (Å²) in [6, 6.07) is 18.6. The van der Waals surface area contributed by atoms with Crippen LogP contribution in [0.15, 0.2) is 54.1 Å². The van der Waals surface area contributed by atoms with Crippen molar-refractivity contribution >= 4 is 39.8 Å². The molecule has 4 N–H and O–H groups in total. The number of nitrogens with zero attached hydrogens (tertiary/aromatic N) is 2. The van der Waals surface area contributed by atoms with Gasteiger partial charge in [0.15, 0.2) is 0 Å². The van der Waals surface area contributed by atoms with E-state index in [2.05, 4.69) is 60.5 Å². The number of benzene rings is 2. The molecular weight excluding hydrogens is 502 g/mol. The number of amides is 1. The predicted molar refractivity (Wildman–Crippen MR) is 150 cm³/mol. The van der Waals surface area contributed by atoms with Crippen molar-refractivity contribution in [2.75, 3.05) is 37.7 Å². The van der Waals surface area contributed by atoms with Crippen LogP contribution in [0.2, 0.25) is 0 Å². The number of carbonyl (C=O) groups is 1. The molecule has 1 aromatic heterocycles. The van der Waals surface area contributed by atoms with Crippen molar-refractivity contribution < 1.29 is 24.9 Å². The van der Waals surface area contributed by atoms with Crippen LogP contribution < -0.4 is 10.2 Å². The normalized spacial score (nSPS) is 21.7. The maximum atomic E-state index is 12.6. The Morgan fingerprint density at radius 1 is 1.13 bits per heavy atom. The standard InChI is InChI=1S/C29H33N3O5S/c1-3-32(4-2)23-8-7-18-11-20(6-5-19(18)12-23)26-10-9-24(38-26)13-21(14-30)29(36)31-15-22-17-37-25(16-33)28(35)27(22)34/h5-13,22,25,27-28,33-35H,3-4,15-17H2,1-2H3,(H,31,36)/b21-13+/t22?,25-,27-,28-/m1/s1. The maximum Gasteiger partial charge on any atom is 0.261 e. The van der Waals surface area contributed by atoms with Gasteiger partial charge in [0.1, 0.15) is 23.9 Å². The van der Waals surface area contributed by atoms with E-state index in [1.165, 1.54) is 22.4 Å². The zero-order valence-electron chi connectivity index (χ0n) is 21.5. The lowest BCUT2D eigenvalue weighted by molar-refractivity contribution is -0.173. The van der Waals surface area contributed by atoms with Gasteiger partial charge < -0.3 is 30.3 Å². The van der Waals surface area contributed by atoms with Crippen molar-refractivity contribution in [1.29, 1.82) is 5.26 Å². The van der Waals surface area contributed by atoms with Gasteiger partial charge in [0, 0.05) is 41.0 Å². The van der Waals surface area contributed by atoms with Gasteiger partial charge >= 0.3 is 0 Å². The van der Waals surface area contributed by atoms with Gasteiger partial charge in [-0.05, 0) is 66.6 Å². The fourth-order valence-electron chi connectivity index (χ4n) is 4.65. The quantitative estimate of drug-likeness (QED) is 0.245. The average molecular weight is 536 g/mol. The Labute approximate surface area is 226 Å². The number of fused-ring (bicyclic) bond motifs is 1. The lowest BCUT2D eigenvalue weighted by atomic mass is 9.92. The van der Waals surface area contributed by atoms with Crippen LogP contribution in [-0.2, 0) is 9.53 Å². The summed E-state index contributed by atoms with van der Waals surface area (Å²) in [5.41, 5.74) is 2.21. The average Bonchev–Trinajstić information content (AvgIpc) is 3.41. The van der Waals surface area contributed by atoms with E-state index in [0.29, 0.717) is 0 Å². The molecule has 3 aromatic rings. The molecule has 2 heterocycles. The van der Waals surface area contributed by atoms with Crippen LogP contribution in [0.25, 0.3) is 27.3 Å². The first-order valence-corrected chi connectivity index (χ1v) is 13.6. The van der Waals surface area contributed by atoms with Gasteiger partial charge in [0.25, 0.3) is 5.91 Å². The number of ether oxygens (including phenoxy) is 1. The lowest BCUT2D eigenvalue weighted by Crippen LogP contribution is -2.54. The van der Waals surface area contributed by atoms with E-state index in [1.807, 2.05) is 18.2 Å². The van der Waals surface area contributed by atoms with E-state index in [1.54, 1.807) is 6.08 Å². The second-order valence-corrected chi connectivity index (χ2v) is 10.4. The minimum atomic E-state index is -1.24. The summed E-state index contributed by atoms with van der Waals surface area (Å²) < 4.78 is 5.34. The predicted octanol–water partition coefficient (Wildman–Crippen LogP) is 3.17. The summed E-state index contributed by atoms with van der Waals surface area (Å²) in [6.45, 7) is 5.91. The number of hydrogen-bond donors (Lipinski definition) is 4. The molecule has 0 radical (unpaired) electrons. The summed E-state index contributed by atoms with van der Waals surface area (Å²) in [6.07, 6.45) is -1.70. The molecule has 1 unspecified atom stereocenters. The number of hydrogen-bond acceptors (Lipinski definition) is 8. The van der Waals surface area contributed by atoms with Crippen LogP contribution in [-0.4, -0.2) is 72.4 Å². The lowest BCUT2D eigenvalue weighted by Gasteiger charge is -2.36. The minimum Gasteiger partial charge on any atom is -0.394 e. The van der Waals surface area contributed by atoms with Crippen molar-refractivity contribution in [3.63, 3.8) is 0 Å². The van der Waals surface area contributed by atoms with E-state index in [9.17, 15) is 25.4 Å². The Balaban J connectivity index is 1.44. The van der Waals surface area contributed by atoms with Crippen molar-refractivity contribution in [2.45, 2.75) is 32.2 Å². The van der Waals surface area contributed by atoms with Crippen molar-refractivity contribution in [2.24, 2.45) is 5.92 Å². The van der Waals surface area contributed by atoms with Crippen LogP contribution in [0.4, 0.5) is 5.69 Å². The van der Waals surface area contributed by atoms with Gasteiger partial charge in [-0.1, -0.05) is 18.2 Å². The van der Waals surface area contributed by atoms with Crippen LogP contribution in [0.1, 0.15) is 18.7 Å². The van der Waals surface area contributed by atoms with Gasteiger partial charge in [-0.15, -0.1) is 11.3 Å². The van der Waals surface area contributed by atoms with Crippen LogP contribution >= 0.6 is 11.3 Å². The van der Waals surface area contributed by atoms with Crippen molar-refractivity contribution in [1.82, 2.24) is 5.32 Å². The first-order chi connectivity index (χ1) is 18.4. The molecule has 0 bridgehead atoms. The van der Waals surface area contributed by atoms with Gasteiger partial charge in [-0.2, -0.15) is 5.26 Å². The number of thiophene rings is 1. The minimum absolute atomic E-state index is 0.0248. The molecule has 4 rings (SSSR count). The zero-order chi connectivity index (χ0) is 27.2. The number of rotatable bonds is 9. The summed E-state index contributed by atoms with van der Waals surface area (Å²) in [7, 11) is 0. The molecule has 1 aliphatic heterocycles. The Bertz CT molecular complexity index is 1340. The number of aliphatic hydroxyl groups is 3. The number of nitrogens with one attached hydrogen (secondary N) is 1. The molecule has 1 aliphatic rings. The summed E-state index contributed by atoms with van der Waals surface area (Å²) in [4.78, 5) is 16.8. The Morgan fingerprint density at radius 3 is 2.58 bits per heavy atom. The molecule has 8 nitrogen and oxygen atoms in total. The first-order valence-electron chi connectivity index (χ1n) is 12.8. The molecule has 4 atom stereocenters. The smallest absolute Gasteiger partial charge is 0.261 e. The van der Waals surface area contributed by atoms with Crippen molar-refractivity contribution in [3.8, 4) is 16.5 Å². The Morgan fingerprint density at radius 2 is 1.87 bits per heavy atom. The van der Waals surface area contributed by atoms with E-state index in [-0.39, 0.29) is 18.7 Å². The molecule has 9 heteroatoms. The summed E-state index contributed by atoms with van der Waals surface area (Å²) in [5, 5.41) is 44.0. The summed E-state index contributed by atoms with van der Waals surface area (Å²) in [5.74, 6) is -1.12. The second-order valence-electron chi connectivity index (χ2n) is 9.30. The Kier molecular flexibility index (Phi) is 9.15. The highest BCUT2D eigenvalue weighted by atomic mass is 32.1. The third-order valence-corrected chi connectivity index (χ3v) is 8.04. The van der Waals surface area contributed by atoms with Gasteiger partial charge in [0.05, 0.1) is 19.3 Å². The molecule has 38 heavy (non-hydrogen) atoms. The highest BCUT2D eigenvalue weighted by molar-refractivity contribution is 7.16. The number of carbonyl (C=O) groups excluding carboxylic acids is 1. The molecule has 1 amide bonds. The number of aliphatic hydroxyl groups excluding tert-OH is 3. The molecular formula is C29H33N3O5S. The van der Waals surface area contributed by atoms with Crippen LogP contribution in [0, 0.1) is 17.2 Å². The highest BCUT2D eigenvalue weighted by Crippen LogP contribution is 2.32. The molecule has 0 saturated carbocycles. The molecule has 200 valence electrons. The molecule has 2 aromatic carbocycles. The number of anilines is 1. The fourth-order valence-corrected chi connectivity index (χ4v) is 5.60. The molecule has 1 saturated heterocycles. The molecule has 0 spiro atoms. The van der Waals surface area contributed by atoms with E-state index < -0.39 is 36.7 Å². The van der Waals surface area contributed by atoms with Gasteiger partial charge in [0.2, 0.25) is 0 Å². The largest absolute Gasteiger partial charge is 0.394 e. The monoisotopic (exact) mass is 535 g/mol. The summed E-state index contributed by atoms with van der Waals surface area (Å²) >= 11 is 1.49. The van der Waals surface area contributed by atoms with Gasteiger partial charge in [-0.3, -0.25) is 4.79 Å². The van der Waals surface area contributed by atoms with Crippen LogP contribution in [0.3, 0.4) is 0 Å². The van der Waals surface area contributed by atoms with Gasteiger partial charge in [-0.25, -0.2) is 0 Å². The van der Waals surface area contributed by atoms with Crippen LogP contribution in [0.5, 0.6) is 0 Å².